The van der Waals surface area contributed by atoms with Gasteiger partial charge in [-0.3, -0.25) is 4.21 Å². The smallest absolute Gasteiger partial charge is 0.118 e. The van der Waals surface area contributed by atoms with Gasteiger partial charge in [-0.25, -0.2) is 0 Å². The van der Waals surface area contributed by atoms with Gasteiger partial charge < -0.3 is 4.74 Å². The summed E-state index contributed by atoms with van der Waals surface area (Å²) in [5.74, 6) is 0.821. The molecule has 0 aliphatic rings. The van der Waals surface area contributed by atoms with Gasteiger partial charge in [0.25, 0.3) is 0 Å². The lowest BCUT2D eigenvalue weighted by Crippen LogP contribution is -1.89. The molecule has 2 nitrogen and oxygen atoms in total. The van der Waals surface area contributed by atoms with Gasteiger partial charge in [0.1, 0.15) is 5.75 Å². The normalized spacial score (nSPS) is 13.3. The third kappa shape index (κ3) is 3.09. The highest BCUT2D eigenvalue weighted by Crippen LogP contribution is 2.28. The van der Waals surface area contributed by atoms with Gasteiger partial charge in [-0.2, -0.15) is 0 Å². The second kappa shape index (κ2) is 5.98. The molecular formula is C14H14O2S2. The molecule has 0 radical (unpaired) electrons. The van der Waals surface area contributed by atoms with Crippen molar-refractivity contribution in [3.63, 3.8) is 0 Å². The van der Waals surface area contributed by atoms with E-state index in [-0.39, 0.29) is 0 Å². The zero-order chi connectivity index (χ0) is 13.0. The fraction of sp³-hybridized carbons (Fsp3) is 0.143. The van der Waals surface area contributed by atoms with Gasteiger partial charge in [0.15, 0.2) is 0 Å². The van der Waals surface area contributed by atoms with Gasteiger partial charge in [-0.15, -0.1) is 11.3 Å². The zero-order valence-corrected chi connectivity index (χ0v) is 11.9. The fourth-order valence-corrected chi connectivity index (χ4v) is 3.07. The van der Waals surface area contributed by atoms with E-state index >= 15 is 0 Å². The van der Waals surface area contributed by atoms with E-state index in [2.05, 4.69) is 0 Å². The van der Waals surface area contributed by atoms with Crippen molar-refractivity contribution in [1.82, 2.24) is 0 Å². The lowest BCUT2D eigenvalue weighted by atomic mass is 10.1. The molecule has 2 aromatic rings. The first kappa shape index (κ1) is 13.1. The molecule has 1 heterocycles. The van der Waals surface area contributed by atoms with Crippen LogP contribution in [0.25, 0.3) is 5.57 Å². The van der Waals surface area contributed by atoms with E-state index in [1.54, 1.807) is 30.1 Å². The third-order valence-electron chi connectivity index (χ3n) is 2.47. The molecule has 0 bridgehead atoms. The summed E-state index contributed by atoms with van der Waals surface area (Å²) in [4.78, 5) is 1.12. The Hall–Kier alpha value is -1.39. The molecule has 4 heteroatoms. The van der Waals surface area contributed by atoms with Gasteiger partial charge in [0.05, 0.1) is 7.11 Å². The van der Waals surface area contributed by atoms with Crippen molar-refractivity contribution in [2.75, 3.05) is 13.4 Å². The average Bonchev–Trinajstić information content (AvgIpc) is 2.89. The van der Waals surface area contributed by atoms with Crippen molar-refractivity contribution in [2.45, 2.75) is 0 Å². The standard InChI is InChI=1S/C14H14O2S2/c1-16-12-7-5-11(6-8-12)13(10-18(2)15)14-4-3-9-17-14/h3-10H,1-2H3/b13-10+. The maximum absolute atomic E-state index is 11.5. The Kier molecular flexibility index (Phi) is 4.33. The van der Waals surface area contributed by atoms with E-state index in [4.69, 9.17) is 4.74 Å². The van der Waals surface area contributed by atoms with Gasteiger partial charge >= 0.3 is 0 Å². The van der Waals surface area contributed by atoms with Crippen LogP contribution < -0.4 is 4.74 Å². The molecule has 0 fully saturated rings. The molecule has 0 aliphatic carbocycles. The van der Waals surface area contributed by atoms with Crippen molar-refractivity contribution in [3.05, 3.63) is 57.6 Å². The van der Waals surface area contributed by atoms with Gasteiger partial charge in [0.2, 0.25) is 0 Å². The summed E-state index contributed by atoms with van der Waals surface area (Å²) in [5, 5.41) is 3.80. The summed E-state index contributed by atoms with van der Waals surface area (Å²) < 4.78 is 16.6. The molecule has 1 unspecified atom stereocenters. The van der Waals surface area contributed by atoms with E-state index in [1.807, 2.05) is 41.8 Å². The van der Waals surface area contributed by atoms with E-state index in [9.17, 15) is 4.21 Å². The van der Waals surface area contributed by atoms with Crippen molar-refractivity contribution in [2.24, 2.45) is 0 Å². The quantitative estimate of drug-likeness (QED) is 0.855. The van der Waals surface area contributed by atoms with Crippen LogP contribution in [0.5, 0.6) is 5.75 Å². The summed E-state index contributed by atoms with van der Waals surface area (Å²) >= 11 is 1.64. The molecular weight excluding hydrogens is 264 g/mol. The Morgan fingerprint density at radius 2 is 2.00 bits per heavy atom. The number of benzene rings is 1. The number of hydrogen-bond donors (Lipinski definition) is 0. The highest BCUT2D eigenvalue weighted by atomic mass is 32.2. The lowest BCUT2D eigenvalue weighted by Gasteiger charge is -2.06. The number of thiophene rings is 1. The second-order valence-electron chi connectivity index (χ2n) is 3.74. The van der Waals surface area contributed by atoms with Crippen molar-refractivity contribution < 1.29 is 8.95 Å². The molecule has 1 aromatic carbocycles. The first-order chi connectivity index (χ1) is 8.70. The Morgan fingerprint density at radius 1 is 1.28 bits per heavy atom. The van der Waals surface area contributed by atoms with E-state index in [0.29, 0.717) is 0 Å². The first-order valence-corrected chi connectivity index (χ1v) is 7.93. The van der Waals surface area contributed by atoms with Crippen molar-refractivity contribution in [3.8, 4) is 5.75 Å². The second-order valence-corrected chi connectivity index (χ2v) is 5.92. The maximum atomic E-state index is 11.5. The molecule has 0 amide bonds. The fourth-order valence-electron chi connectivity index (χ4n) is 1.64. The minimum absolute atomic E-state index is 0.821. The van der Waals surface area contributed by atoms with E-state index in [1.165, 1.54) is 0 Å². The van der Waals surface area contributed by atoms with Crippen molar-refractivity contribution >= 4 is 27.7 Å². The number of hydrogen-bond acceptors (Lipinski definition) is 3. The van der Waals surface area contributed by atoms with Crippen LogP contribution >= 0.6 is 11.3 Å². The molecule has 18 heavy (non-hydrogen) atoms. The van der Waals surface area contributed by atoms with Crippen molar-refractivity contribution in [1.29, 1.82) is 0 Å². The van der Waals surface area contributed by atoms with Crippen LogP contribution in [0.4, 0.5) is 0 Å². The van der Waals surface area contributed by atoms with E-state index in [0.717, 1.165) is 21.8 Å². The maximum Gasteiger partial charge on any atom is 0.118 e. The number of ether oxygens (including phenoxy) is 1. The Labute approximate surface area is 113 Å². The minimum atomic E-state index is -0.975. The molecule has 0 saturated carbocycles. The molecule has 2 rings (SSSR count). The highest BCUT2D eigenvalue weighted by Gasteiger charge is 2.07. The summed E-state index contributed by atoms with van der Waals surface area (Å²) in [7, 11) is 0.670. The van der Waals surface area contributed by atoms with Crippen LogP contribution in [-0.4, -0.2) is 17.6 Å². The van der Waals surface area contributed by atoms with Crippen LogP contribution in [-0.2, 0) is 10.8 Å². The summed E-state index contributed by atoms with van der Waals surface area (Å²) in [6.07, 6.45) is 1.68. The van der Waals surface area contributed by atoms with Crippen LogP contribution in [0, 0.1) is 0 Å². The molecule has 1 atom stereocenters. The van der Waals surface area contributed by atoms with E-state index < -0.39 is 10.8 Å². The minimum Gasteiger partial charge on any atom is -0.497 e. The number of methoxy groups -OCH3 is 1. The Morgan fingerprint density at radius 3 is 2.50 bits per heavy atom. The monoisotopic (exact) mass is 278 g/mol. The average molecular weight is 278 g/mol. The summed E-state index contributed by atoms with van der Waals surface area (Å²) in [6, 6.07) is 11.8. The summed E-state index contributed by atoms with van der Waals surface area (Å²) in [6.45, 7) is 0. The SMILES string of the molecule is COc1ccc(/C(=C\S(C)=O)c2cccs2)cc1. The van der Waals surface area contributed by atoms with Gasteiger partial charge in [-0.05, 0) is 29.1 Å². The molecule has 94 valence electrons. The Bertz CT molecular complexity index is 554. The summed E-state index contributed by atoms with van der Waals surface area (Å²) in [5.41, 5.74) is 2.06. The largest absolute Gasteiger partial charge is 0.497 e. The lowest BCUT2D eigenvalue weighted by molar-refractivity contribution is 0.415. The van der Waals surface area contributed by atoms with Crippen LogP contribution in [0.1, 0.15) is 10.4 Å². The number of rotatable bonds is 4. The Balaban J connectivity index is 2.43. The molecule has 1 aromatic heterocycles. The van der Waals surface area contributed by atoms with Gasteiger partial charge in [-0.1, -0.05) is 18.2 Å². The molecule has 0 aliphatic heterocycles. The molecule has 0 N–H and O–H groups in total. The first-order valence-electron chi connectivity index (χ1n) is 5.43. The molecule has 0 saturated heterocycles. The predicted octanol–water partition coefficient (Wildman–Crippen LogP) is 3.52. The van der Waals surface area contributed by atoms with Crippen LogP contribution in [0.15, 0.2) is 47.2 Å². The van der Waals surface area contributed by atoms with Crippen LogP contribution in [0.2, 0.25) is 0 Å². The predicted molar refractivity (Wildman–Crippen MR) is 78.5 cm³/mol. The highest BCUT2D eigenvalue weighted by molar-refractivity contribution is 7.87. The topological polar surface area (TPSA) is 26.3 Å². The zero-order valence-electron chi connectivity index (χ0n) is 10.3. The van der Waals surface area contributed by atoms with Gasteiger partial charge in [0, 0.05) is 32.9 Å². The van der Waals surface area contributed by atoms with Crippen LogP contribution in [0.3, 0.4) is 0 Å². The third-order valence-corrected chi connectivity index (χ3v) is 3.94. The molecule has 0 spiro atoms.